The first-order valence-electron chi connectivity index (χ1n) is 27.4. The molecule has 0 radical (unpaired) electrons. The van der Waals surface area contributed by atoms with Crippen molar-refractivity contribution in [3.05, 3.63) is 72.9 Å². The Labute approximate surface area is 402 Å². The van der Waals surface area contributed by atoms with Crippen LogP contribution in [-0.4, -0.2) is 37.2 Å². The summed E-state index contributed by atoms with van der Waals surface area (Å²) in [4.78, 5) is 38.1. The molecule has 0 saturated carbocycles. The lowest BCUT2D eigenvalue weighted by Crippen LogP contribution is -2.30. The maximum Gasteiger partial charge on any atom is 0.306 e. The lowest BCUT2D eigenvalue weighted by Gasteiger charge is -2.18. The molecule has 0 heterocycles. The van der Waals surface area contributed by atoms with Crippen molar-refractivity contribution < 1.29 is 28.6 Å². The molecule has 0 aliphatic heterocycles. The standard InChI is InChI=1S/C59H102O6/c1-4-7-10-13-16-19-22-25-28-29-32-34-37-40-43-46-49-52-58(61)64-55-56(65-59(62)53-50-47-44-41-38-35-31-27-24-21-18-15-12-9-6-3)54-63-57(60)51-48-45-42-39-36-33-30-26-23-20-17-14-11-8-5-2/h7,10,16,19,21,24-25,28,32,34,40,43,56H,4-6,8-9,11-15,17-18,20,22-23,26-27,29-31,33,35-39,41-42,44-55H2,1-3H3/b10-7-,19-16-,24-21-,28-25-,34-32-,43-40-/t56-/m0/s1. The minimum absolute atomic E-state index is 0.0926. The van der Waals surface area contributed by atoms with Crippen molar-refractivity contribution in [2.45, 2.75) is 271 Å². The normalized spacial score (nSPS) is 12.6. The Morgan fingerprint density at radius 3 is 1.03 bits per heavy atom. The van der Waals surface area contributed by atoms with Gasteiger partial charge in [0.2, 0.25) is 0 Å². The summed E-state index contributed by atoms with van der Waals surface area (Å²) in [6, 6.07) is 0. The second-order valence-corrected chi connectivity index (χ2v) is 18.1. The Morgan fingerprint density at radius 1 is 0.323 bits per heavy atom. The minimum Gasteiger partial charge on any atom is -0.462 e. The fourth-order valence-corrected chi connectivity index (χ4v) is 7.59. The van der Waals surface area contributed by atoms with Gasteiger partial charge in [0.05, 0.1) is 0 Å². The summed E-state index contributed by atoms with van der Waals surface area (Å²) < 4.78 is 16.8. The SMILES string of the molecule is CC/C=C\C/C=C\C/C=C\C/C=C\C/C=C\CCCC(=O)OC[C@H](COC(=O)CCCCCCCCCCCCCCCCC)OC(=O)CCCCCCCCC/C=C\CCCCCC. The van der Waals surface area contributed by atoms with Gasteiger partial charge >= 0.3 is 17.9 Å². The van der Waals surface area contributed by atoms with Crippen LogP contribution >= 0.6 is 0 Å². The van der Waals surface area contributed by atoms with Crippen molar-refractivity contribution >= 4 is 17.9 Å². The molecule has 0 saturated heterocycles. The van der Waals surface area contributed by atoms with E-state index >= 15 is 0 Å². The first kappa shape index (κ1) is 61.9. The molecule has 0 unspecified atom stereocenters. The second-order valence-electron chi connectivity index (χ2n) is 18.1. The van der Waals surface area contributed by atoms with Crippen molar-refractivity contribution in [3.8, 4) is 0 Å². The second kappa shape index (κ2) is 53.5. The van der Waals surface area contributed by atoms with Gasteiger partial charge in [0.1, 0.15) is 13.2 Å². The smallest absolute Gasteiger partial charge is 0.306 e. The molecule has 65 heavy (non-hydrogen) atoms. The summed E-state index contributed by atoms with van der Waals surface area (Å²) in [5.41, 5.74) is 0. The van der Waals surface area contributed by atoms with E-state index in [0.717, 1.165) is 77.0 Å². The summed E-state index contributed by atoms with van der Waals surface area (Å²) in [5, 5.41) is 0. The van der Waals surface area contributed by atoms with Crippen LogP contribution in [0.15, 0.2) is 72.9 Å². The number of allylic oxidation sites excluding steroid dienone is 12. The van der Waals surface area contributed by atoms with Gasteiger partial charge in [-0.25, -0.2) is 0 Å². The molecule has 0 amide bonds. The number of esters is 3. The monoisotopic (exact) mass is 907 g/mol. The molecule has 0 fully saturated rings. The molecule has 0 aromatic rings. The molecule has 0 bridgehead atoms. The highest BCUT2D eigenvalue weighted by Gasteiger charge is 2.19. The zero-order valence-corrected chi connectivity index (χ0v) is 42.7. The topological polar surface area (TPSA) is 78.9 Å². The van der Waals surface area contributed by atoms with Gasteiger partial charge in [0.25, 0.3) is 0 Å². The van der Waals surface area contributed by atoms with Crippen LogP contribution in [0.2, 0.25) is 0 Å². The fourth-order valence-electron chi connectivity index (χ4n) is 7.59. The molecule has 0 aliphatic carbocycles. The predicted molar refractivity (Wildman–Crippen MR) is 279 cm³/mol. The van der Waals surface area contributed by atoms with Crippen molar-refractivity contribution in [1.82, 2.24) is 0 Å². The molecular formula is C59H102O6. The quantitative estimate of drug-likeness (QED) is 0.0262. The van der Waals surface area contributed by atoms with Gasteiger partial charge in [-0.3, -0.25) is 14.4 Å². The first-order chi connectivity index (χ1) is 32.0. The van der Waals surface area contributed by atoms with Crippen molar-refractivity contribution in [1.29, 1.82) is 0 Å². The number of carbonyl (C=O) groups excluding carboxylic acids is 3. The number of unbranched alkanes of at least 4 members (excludes halogenated alkanes) is 26. The summed E-state index contributed by atoms with van der Waals surface area (Å²) >= 11 is 0. The molecule has 6 heteroatoms. The maximum absolute atomic E-state index is 12.8. The van der Waals surface area contributed by atoms with Gasteiger partial charge in [-0.05, 0) is 83.5 Å². The lowest BCUT2D eigenvalue weighted by atomic mass is 10.0. The molecule has 0 aliphatic rings. The van der Waals surface area contributed by atoms with Crippen molar-refractivity contribution in [2.75, 3.05) is 13.2 Å². The van der Waals surface area contributed by atoms with Crippen LogP contribution in [0.25, 0.3) is 0 Å². The Morgan fingerprint density at radius 2 is 0.615 bits per heavy atom. The number of rotatable bonds is 49. The third-order valence-electron chi connectivity index (χ3n) is 11.7. The molecular weight excluding hydrogens is 805 g/mol. The van der Waals surface area contributed by atoms with E-state index in [4.69, 9.17) is 14.2 Å². The van der Waals surface area contributed by atoms with Crippen LogP contribution in [0.1, 0.15) is 265 Å². The highest BCUT2D eigenvalue weighted by molar-refractivity contribution is 5.71. The molecule has 0 aromatic heterocycles. The zero-order valence-electron chi connectivity index (χ0n) is 42.7. The fraction of sp³-hybridized carbons (Fsp3) is 0.746. The van der Waals surface area contributed by atoms with Crippen LogP contribution < -0.4 is 0 Å². The predicted octanol–water partition coefficient (Wildman–Crippen LogP) is 18.2. The van der Waals surface area contributed by atoms with E-state index in [2.05, 4.69) is 93.7 Å². The van der Waals surface area contributed by atoms with E-state index in [-0.39, 0.29) is 37.5 Å². The van der Waals surface area contributed by atoms with Crippen LogP contribution in [0, 0.1) is 0 Å². The summed E-state index contributed by atoms with van der Waals surface area (Å²) in [6.45, 7) is 6.48. The zero-order chi connectivity index (χ0) is 47.2. The van der Waals surface area contributed by atoms with Crippen molar-refractivity contribution in [2.24, 2.45) is 0 Å². The highest BCUT2D eigenvalue weighted by Crippen LogP contribution is 2.15. The van der Waals surface area contributed by atoms with E-state index in [1.54, 1.807) is 0 Å². The average molecular weight is 907 g/mol. The number of hydrogen-bond donors (Lipinski definition) is 0. The van der Waals surface area contributed by atoms with Gasteiger partial charge in [-0.1, -0.05) is 235 Å². The highest BCUT2D eigenvalue weighted by atomic mass is 16.6. The van der Waals surface area contributed by atoms with Gasteiger partial charge < -0.3 is 14.2 Å². The Kier molecular flexibility index (Phi) is 50.9. The van der Waals surface area contributed by atoms with Gasteiger partial charge in [-0.15, -0.1) is 0 Å². The van der Waals surface area contributed by atoms with E-state index < -0.39 is 6.10 Å². The first-order valence-corrected chi connectivity index (χ1v) is 27.4. The van der Waals surface area contributed by atoms with E-state index in [9.17, 15) is 14.4 Å². The van der Waals surface area contributed by atoms with E-state index in [0.29, 0.717) is 19.3 Å². The van der Waals surface area contributed by atoms with Crippen LogP contribution in [0.3, 0.4) is 0 Å². The molecule has 1 atom stereocenters. The third kappa shape index (κ3) is 51.7. The van der Waals surface area contributed by atoms with Crippen LogP contribution in [0.4, 0.5) is 0 Å². The Bertz CT molecular complexity index is 1230. The number of ether oxygens (including phenoxy) is 3. The molecule has 0 spiro atoms. The maximum atomic E-state index is 12.8. The Balaban J connectivity index is 4.46. The molecule has 0 N–H and O–H groups in total. The van der Waals surface area contributed by atoms with Gasteiger partial charge in [-0.2, -0.15) is 0 Å². The molecule has 374 valence electrons. The summed E-state index contributed by atoms with van der Waals surface area (Å²) in [6.07, 6.45) is 67.5. The minimum atomic E-state index is -0.798. The van der Waals surface area contributed by atoms with E-state index in [1.807, 2.05) is 0 Å². The van der Waals surface area contributed by atoms with Gasteiger partial charge in [0, 0.05) is 19.3 Å². The molecule has 0 rings (SSSR count). The molecule has 0 aromatic carbocycles. The van der Waals surface area contributed by atoms with Crippen molar-refractivity contribution in [3.63, 3.8) is 0 Å². The van der Waals surface area contributed by atoms with E-state index in [1.165, 1.54) is 141 Å². The van der Waals surface area contributed by atoms with Crippen LogP contribution in [0.5, 0.6) is 0 Å². The average Bonchev–Trinajstić information content (AvgIpc) is 3.30. The number of carbonyl (C=O) groups is 3. The lowest BCUT2D eigenvalue weighted by molar-refractivity contribution is -0.167. The largest absolute Gasteiger partial charge is 0.462 e. The third-order valence-corrected chi connectivity index (χ3v) is 11.7. The summed E-state index contributed by atoms with van der Waals surface area (Å²) in [5.74, 6) is -0.951. The van der Waals surface area contributed by atoms with Gasteiger partial charge in [0.15, 0.2) is 6.10 Å². The number of hydrogen-bond acceptors (Lipinski definition) is 6. The molecule has 6 nitrogen and oxygen atoms in total. The Hall–Kier alpha value is -3.15. The van der Waals surface area contributed by atoms with Crippen LogP contribution in [-0.2, 0) is 28.6 Å². The summed E-state index contributed by atoms with van der Waals surface area (Å²) in [7, 11) is 0.